The van der Waals surface area contributed by atoms with Gasteiger partial charge < -0.3 is 18.9 Å². The van der Waals surface area contributed by atoms with Gasteiger partial charge in [-0.05, 0) is 37.1 Å². The molecule has 0 aliphatic rings. The van der Waals surface area contributed by atoms with Gasteiger partial charge in [-0.1, -0.05) is 13.8 Å². The van der Waals surface area contributed by atoms with Gasteiger partial charge in [0.15, 0.2) is 0 Å². The van der Waals surface area contributed by atoms with Gasteiger partial charge in [-0.25, -0.2) is 0 Å². The van der Waals surface area contributed by atoms with E-state index in [2.05, 4.69) is 13.8 Å². The molecule has 0 aliphatic heterocycles. The summed E-state index contributed by atoms with van der Waals surface area (Å²) < 4.78 is 21.8. The lowest BCUT2D eigenvalue weighted by Gasteiger charge is -2.09. The Morgan fingerprint density at radius 2 is 1.00 bits per heavy atom. The van der Waals surface area contributed by atoms with Crippen molar-refractivity contribution < 1.29 is 18.9 Å². The number of ether oxygens (including phenoxy) is 4. The molecule has 114 valence electrons. The maximum Gasteiger partial charge on any atom is 0.119 e. The molecule has 0 amide bonds. The van der Waals surface area contributed by atoms with E-state index in [1.54, 1.807) is 0 Å². The van der Waals surface area contributed by atoms with Gasteiger partial charge in [-0.3, -0.25) is 0 Å². The van der Waals surface area contributed by atoms with Crippen LogP contribution in [0.25, 0.3) is 0 Å². The lowest BCUT2D eigenvalue weighted by Crippen LogP contribution is -2.08. The molecule has 0 fully saturated rings. The molecule has 1 rings (SSSR count). The Balaban J connectivity index is 2.13. The molecular weight excluding hydrogens is 256 g/mol. The van der Waals surface area contributed by atoms with Gasteiger partial charge in [0.1, 0.15) is 24.7 Å². The quantitative estimate of drug-likeness (QED) is 0.551. The standard InChI is InChI=1S/C16H26O4/c1-3-9-17-11-13-19-15-5-7-16(8-6-15)20-14-12-18-10-4-2/h5-8H,3-4,9-14H2,1-2H3. The second kappa shape index (κ2) is 11.6. The first-order valence-electron chi connectivity index (χ1n) is 7.38. The van der Waals surface area contributed by atoms with Gasteiger partial charge in [0.2, 0.25) is 0 Å². The van der Waals surface area contributed by atoms with Crippen molar-refractivity contribution in [3.05, 3.63) is 24.3 Å². The van der Waals surface area contributed by atoms with Gasteiger partial charge in [0.25, 0.3) is 0 Å². The maximum atomic E-state index is 5.56. The topological polar surface area (TPSA) is 36.9 Å². The zero-order chi connectivity index (χ0) is 14.5. The van der Waals surface area contributed by atoms with Crippen molar-refractivity contribution in [2.45, 2.75) is 26.7 Å². The molecule has 1 aromatic rings. The third kappa shape index (κ3) is 8.02. The van der Waals surface area contributed by atoms with Crippen LogP contribution in [0.1, 0.15) is 26.7 Å². The van der Waals surface area contributed by atoms with Crippen LogP contribution >= 0.6 is 0 Å². The summed E-state index contributed by atoms with van der Waals surface area (Å²) in [6, 6.07) is 7.62. The van der Waals surface area contributed by atoms with E-state index in [0.29, 0.717) is 26.4 Å². The normalized spacial score (nSPS) is 10.5. The van der Waals surface area contributed by atoms with Crippen molar-refractivity contribution in [1.29, 1.82) is 0 Å². The zero-order valence-electron chi connectivity index (χ0n) is 12.6. The first kappa shape index (κ1) is 16.8. The first-order chi connectivity index (χ1) is 9.86. The molecule has 0 heterocycles. The third-order valence-corrected chi connectivity index (χ3v) is 2.51. The van der Waals surface area contributed by atoms with Crippen LogP contribution in [0.15, 0.2) is 24.3 Å². The highest BCUT2D eigenvalue weighted by atomic mass is 16.5. The summed E-state index contributed by atoms with van der Waals surface area (Å²) in [7, 11) is 0. The summed E-state index contributed by atoms with van der Waals surface area (Å²) >= 11 is 0. The SMILES string of the molecule is CCCOCCOc1ccc(OCCOCCC)cc1. The average molecular weight is 282 g/mol. The minimum absolute atomic E-state index is 0.574. The smallest absolute Gasteiger partial charge is 0.119 e. The van der Waals surface area contributed by atoms with Crippen molar-refractivity contribution in [3.63, 3.8) is 0 Å². The Labute approximate surface area is 122 Å². The summed E-state index contributed by atoms with van der Waals surface area (Å²) in [5, 5.41) is 0. The molecule has 0 unspecified atom stereocenters. The fraction of sp³-hybridized carbons (Fsp3) is 0.625. The molecule has 0 aliphatic carbocycles. The highest BCUT2D eigenvalue weighted by Gasteiger charge is 1.97. The second-order valence-corrected chi connectivity index (χ2v) is 4.39. The van der Waals surface area contributed by atoms with E-state index in [4.69, 9.17) is 18.9 Å². The molecule has 4 nitrogen and oxygen atoms in total. The van der Waals surface area contributed by atoms with Crippen LogP contribution in [0.2, 0.25) is 0 Å². The van der Waals surface area contributed by atoms with Gasteiger partial charge >= 0.3 is 0 Å². The third-order valence-electron chi connectivity index (χ3n) is 2.51. The number of hydrogen-bond donors (Lipinski definition) is 0. The highest BCUT2D eigenvalue weighted by Crippen LogP contribution is 2.17. The molecule has 0 spiro atoms. The van der Waals surface area contributed by atoms with Crippen molar-refractivity contribution in [1.82, 2.24) is 0 Å². The number of benzene rings is 1. The number of rotatable bonds is 12. The summed E-state index contributed by atoms with van der Waals surface area (Å²) in [5.41, 5.74) is 0. The Hall–Kier alpha value is -1.26. The van der Waals surface area contributed by atoms with Gasteiger partial charge in [0, 0.05) is 13.2 Å². The van der Waals surface area contributed by atoms with Crippen molar-refractivity contribution in [3.8, 4) is 11.5 Å². The molecule has 0 N–H and O–H groups in total. The predicted molar refractivity (Wildman–Crippen MR) is 79.7 cm³/mol. The molecular formula is C16H26O4. The maximum absolute atomic E-state index is 5.56. The Bertz CT molecular complexity index is 291. The molecule has 0 bridgehead atoms. The van der Waals surface area contributed by atoms with Crippen LogP contribution < -0.4 is 9.47 Å². The summed E-state index contributed by atoms with van der Waals surface area (Å²) in [4.78, 5) is 0. The first-order valence-corrected chi connectivity index (χ1v) is 7.38. The van der Waals surface area contributed by atoms with Crippen LogP contribution in [0, 0.1) is 0 Å². The Morgan fingerprint density at radius 3 is 1.35 bits per heavy atom. The van der Waals surface area contributed by atoms with E-state index in [1.807, 2.05) is 24.3 Å². The van der Waals surface area contributed by atoms with Gasteiger partial charge in [-0.2, -0.15) is 0 Å². The highest BCUT2D eigenvalue weighted by molar-refractivity contribution is 5.31. The van der Waals surface area contributed by atoms with E-state index in [0.717, 1.165) is 37.6 Å². The average Bonchev–Trinajstić information content (AvgIpc) is 2.48. The summed E-state index contributed by atoms with van der Waals surface area (Å²) in [6.45, 7) is 8.16. The monoisotopic (exact) mass is 282 g/mol. The Morgan fingerprint density at radius 1 is 0.600 bits per heavy atom. The second-order valence-electron chi connectivity index (χ2n) is 4.39. The fourth-order valence-corrected chi connectivity index (χ4v) is 1.56. The number of hydrogen-bond acceptors (Lipinski definition) is 4. The molecule has 0 radical (unpaired) electrons. The molecule has 20 heavy (non-hydrogen) atoms. The summed E-state index contributed by atoms with van der Waals surface area (Å²) in [5.74, 6) is 1.67. The largest absolute Gasteiger partial charge is 0.491 e. The summed E-state index contributed by atoms with van der Waals surface area (Å²) in [6.07, 6.45) is 2.07. The van der Waals surface area contributed by atoms with Crippen LogP contribution in [0.3, 0.4) is 0 Å². The predicted octanol–water partition coefficient (Wildman–Crippen LogP) is 3.30. The molecule has 0 saturated carbocycles. The van der Waals surface area contributed by atoms with Crippen LogP contribution in [0.4, 0.5) is 0 Å². The van der Waals surface area contributed by atoms with Crippen molar-refractivity contribution in [2.24, 2.45) is 0 Å². The van der Waals surface area contributed by atoms with Crippen molar-refractivity contribution >= 4 is 0 Å². The Kier molecular flexibility index (Phi) is 9.70. The van der Waals surface area contributed by atoms with E-state index in [9.17, 15) is 0 Å². The van der Waals surface area contributed by atoms with Crippen LogP contribution in [-0.4, -0.2) is 39.6 Å². The zero-order valence-corrected chi connectivity index (χ0v) is 12.6. The minimum Gasteiger partial charge on any atom is -0.491 e. The lowest BCUT2D eigenvalue weighted by atomic mass is 10.3. The van der Waals surface area contributed by atoms with E-state index >= 15 is 0 Å². The van der Waals surface area contributed by atoms with E-state index in [1.165, 1.54) is 0 Å². The van der Waals surface area contributed by atoms with Gasteiger partial charge in [-0.15, -0.1) is 0 Å². The molecule has 1 aromatic carbocycles. The van der Waals surface area contributed by atoms with Gasteiger partial charge in [0.05, 0.1) is 13.2 Å². The van der Waals surface area contributed by atoms with Crippen LogP contribution in [-0.2, 0) is 9.47 Å². The molecule has 4 heteroatoms. The lowest BCUT2D eigenvalue weighted by molar-refractivity contribution is 0.0994. The van der Waals surface area contributed by atoms with Crippen molar-refractivity contribution in [2.75, 3.05) is 39.6 Å². The molecule has 0 aromatic heterocycles. The fourth-order valence-electron chi connectivity index (χ4n) is 1.56. The van der Waals surface area contributed by atoms with E-state index < -0.39 is 0 Å². The van der Waals surface area contributed by atoms with Crippen LogP contribution in [0.5, 0.6) is 11.5 Å². The molecule has 0 atom stereocenters. The van der Waals surface area contributed by atoms with E-state index in [-0.39, 0.29) is 0 Å². The molecule has 0 saturated heterocycles. The minimum atomic E-state index is 0.574.